The normalized spacial score (nSPS) is 11.6. The molecule has 5 heteroatoms. The van der Waals surface area contributed by atoms with Gasteiger partial charge in [0.15, 0.2) is 5.13 Å². The average molecular weight is 381 g/mol. The third kappa shape index (κ3) is 4.81. The summed E-state index contributed by atoms with van der Waals surface area (Å²) in [6.45, 7) is 5.70. The monoisotopic (exact) mass is 380 g/mol. The lowest BCUT2D eigenvalue weighted by molar-refractivity contribution is -0.856. The van der Waals surface area contributed by atoms with Crippen LogP contribution in [0, 0.1) is 13.8 Å². The van der Waals surface area contributed by atoms with Gasteiger partial charge in [0.2, 0.25) is 0 Å². The number of likely N-dealkylation sites (N-methyl/N-ethyl adjacent to an activating group) is 1. The molecule has 0 saturated carbocycles. The van der Waals surface area contributed by atoms with Crippen LogP contribution in [0.4, 0.5) is 5.13 Å². The molecule has 0 spiro atoms. The standard InChI is InChI=1S/C22H25N3OS/c1-16-14-19-20(15-17(16)2)27-22(23-19)25(13-12-24(3)4)21(26)11-10-18-8-6-5-7-9-18/h5-11,14-15H,12-13H2,1-4H3/p+1/b11-10+. The highest BCUT2D eigenvalue weighted by molar-refractivity contribution is 7.22. The zero-order valence-electron chi connectivity index (χ0n) is 16.3. The van der Waals surface area contributed by atoms with Crippen molar-refractivity contribution in [3.63, 3.8) is 0 Å². The number of quaternary nitrogens is 1. The fourth-order valence-electron chi connectivity index (χ4n) is 2.74. The van der Waals surface area contributed by atoms with Gasteiger partial charge in [0.05, 0.1) is 37.4 Å². The number of aromatic nitrogens is 1. The Bertz CT molecular complexity index is 921. The zero-order valence-corrected chi connectivity index (χ0v) is 17.1. The van der Waals surface area contributed by atoms with E-state index in [1.165, 1.54) is 16.0 Å². The summed E-state index contributed by atoms with van der Waals surface area (Å²) >= 11 is 1.58. The highest BCUT2D eigenvalue weighted by Gasteiger charge is 2.19. The minimum absolute atomic E-state index is 0.0346. The zero-order chi connectivity index (χ0) is 19.4. The molecule has 0 bridgehead atoms. The van der Waals surface area contributed by atoms with Crippen LogP contribution in [0.15, 0.2) is 48.5 Å². The number of nitrogens with one attached hydrogen (secondary N) is 1. The van der Waals surface area contributed by atoms with Crippen LogP contribution in [0.2, 0.25) is 0 Å². The largest absolute Gasteiger partial charge is 0.338 e. The van der Waals surface area contributed by atoms with Crippen molar-refractivity contribution < 1.29 is 9.69 Å². The molecule has 3 rings (SSSR count). The van der Waals surface area contributed by atoms with E-state index in [-0.39, 0.29) is 5.91 Å². The first kappa shape index (κ1) is 19.3. The molecule has 27 heavy (non-hydrogen) atoms. The second-order valence-electron chi connectivity index (χ2n) is 7.09. The summed E-state index contributed by atoms with van der Waals surface area (Å²) in [6, 6.07) is 14.1. The summed E-state index contributed by atoms with van der Waals surface area (Å²) in [7, 11) is 4.18. The molecule has 0 atom stereocenters. The SMILES string of the molecule is Cc1cc2nc(N(CC[NH+](C)C)C(=O)/C=C/c3ccccc3)sc2cc1C. The Morgan fingerprint density at radius 1 is 1.15 bits per heavy atom. The summed E-state index contributed by atoms with van der Waals surface area (Å²) in [5, 5.41) is 0.763. The van der Waals surface area contributed by atoms with Crippen molar-refractivity contribution in [1.29, 1.82) is 0 Å². The number of nitrogens with zero attached hydrogens (tertiary/aromatic N) is 2. The highest BCUT2D eigenvalue weighted by atomic mass is 32.1. The molecule has 0 fully saturated rings. The Hall–Kier alpha value is -2.50. The number of hydrogen-bond donors (Lipinski definition) is 1. The summed E-state index contributed by atoms with van der Waals surface area (Å²) in [6.07, 6.45) is 3.50. The predicted octanol–water partition coefficient (Wildman–Crippen LogP) is 3.10. The number of carbonyl (C=O) groups excluding carboxylic acids is 1. The van der Waals surface area contributed by atoms with E-state index >= 15 is 0 Å². The molecule has 1 N–H and O–H groups in total. The first-order chi connectivity index (χ1) is 12.9. The first-order valence-corrected chi connectivity index (χ1v) is 9.97. The van der Waals surface area contributed by atoms with Gasteiger partial charge < -0.3 is 4.90 Å². The van der Waals surface area contributed by atoms with Gasteiger partial charge in [-0.2, -0.15) is 0 Å². The van der Waals surface area contributed by atoms with E-state index in [1.807, 2.05) is 36.4 Å². The molecule has 0 saturated heterocycles. The van der Waals surface area contributed by atoms with Gasteiger partial charge in [-0.15, -0.1) is 0 Å². The molecule has 1 amide bonds. The van der Waals surface area contributed by atoms with Gasteiger partial charge in [-0.1, -0.05) is 41.7 Å². The lowest BCUT2D eigenvalue weighted by Crippen LogP contribution is -3.06. The molecule has 1 heterocycles. The maximum absolute atomic E-state index is 12.9. The number of aryl methyl sites for hydroxylation is 2. The number of anilines is 1. The molecule has 2 aromatic carbocycles. The lowest BCUT2D eigenvalue weighted by atomic mass is 10.1. The van der Waals surface area contributed by atoms with Crippen molar-refractivity contribution >= 4 is 38.7 Å². The van der Waals surface area contributed by atoms with Crippen LogP contribution in [0.5, 0.6) is 0 Å². The Morgan fingerprint density at radius 2 is 1.85 bits per heavy atom. The Labute approximate surface area is 164 Å². The van der Waals surface area contributed by atoms with Crippen molar-refractivity contribution in [1.82, 2.24) is 4.98 Å². The van der Waals surface area contributed by atoms with Crippen molar-refractivity contribution in [2.45, 2.75) is 13.8 Å². The highest BCUT2D eigenvalue weighted by Crippen LogP contribution is 2.30. The molecule has 1 aromatic heterocycles. The lowest BCUT2D eigenvalue weighted by Gasteiger charge is -2.19. The van der Waals surface area contributed by atoms with E-state index in [9.17, 15) is 4.79 Å². The van der Waals surface area contributed by atoms with Gasteiger partial charge in [0.1, 0.15) is 0 Å². The van der Waals surface area contributed by atoms with Gasteiger partial charge in [-0.25, -0.2) is 4.98 Å². The molecule has 3 aromatic rings. The average Bonchev–Trinajstić information content (AvgIpc) is 3.03. The van der Waals surface area contributed by atoms with Gasteiger partial charge in [0, 0.05) is 6.08 Å². The third-order valence-electron chi connectivity index (χ3n) is 4.54. The fourth-order valence-corrected chi connectivity index (χ4v) is 3.82. The van der Waals surface area contributed by atoms with Crippen LogP contribution in [0.1, 0.15) is 16.7 Å². The van der Waals surface area contributed by atoms with Crippen LogP contribution in [-0.2, 0) is 4.79 Å². The number of fused-ring (bicyclic) bond motifs is 1. The maximum Gasteiger partial charge on any atom is 0.252 e. The van der Waals surface area contributed by atoms with Gasteiger partial charge >= 0.3 is 0 Å². The molecular formula is C22H26N3OS+. The second kappa shape index (κ2) is 8.46. The molecule has 0 aliphatic rings. The summed E-state index contributed by atoms with van der Waals surface area (Å²) in [4.78, 5) is 20.8. The van der Waals surface area contributed by atoms with E-state index in [0.717, 1.165) is 27.5 Å². The first-order valence-electron chi connectivity index (χ1n) is 9.15. The van der Waals surface area contributed by atoms with Crippen LogP contribution in [0.25, 0.3) is 16.3 Å². The topological polar surface area (TPSA) is 37.6 Å². The quantitative estimate of drug-likeness (QED) is 0.667. The second-order valence-corrected chi connectivity index (χ2v) is 8.10. The molecule has 0 aliphatic carbocycles. The van der Waals surface area contributed by atoms with Gasteiger partial charge in [-0.3, -0.25) is 9.69 Å². The van der Waals surface area contributed by atoms with Gasteiger partial charge in [0.25, 0.3) is 5.91 Å². The summed E-state index contributed by atoms with van der Waals surface area (Å²) in [5.41, 5.74) is 4.44. The Balaban J connectivity index is 1.90. The minimum atomic E-state index is -0.0346. The van der Waals surface area contributed by atoms with E-state index < -0.39 is 0 Å². The van der Waals surface area contributed by atoms with Gasteiger partial charge in [-0.05, 0) is 48.7 Å². The van der Waals surface area contributed by atoms with E-state index in [0.29, 0.717) is 6.54 Å². The number of rotatable bonds is 6. The minimum Gasteiger partial charge on any atom is -0.338 e. The van der Waals surface area contributed by atoms with Crippen molar-refractivity contribution in [3.05, 3.63) is 65.2 Å². The number of amides is 1. The van der Waals surface area contributed by atoms with Crippen molar-refractivity contribution in [2.24, 2.45) is 0 Å². The Kier molecular flexibility index (Phi) is 6.04. The van der Waals surface area contributed by atoms with E-state index in [2.05, 4.69) is 40.1 Å². The summed E-state index contributed by atoms with van der Waals surface area (Å²) in [5.74, 6) is -0.0346. The van der Waals surface area contributed by atoms with Crippen LogP contribution in [-0.4, -0.2) is 38.1 Å². The number of hydrogen-bond acceptors (Lipinski definition) is 3. The molecule has 0 radical (unpaired) electrons. The van der Waals surface area contributed by atoms with E-state index in [1.54, 1.807) is 22.3 Å². The predicted molar refractivity (Wildman–Crippen MR) is 115 cm³/mol. The van der Waals surface area contributed by atoms with Crippen LogP contribution in [0.3, 0.4) is 0 Å². The van der Waals surface area contributed by atoms with Crippen molar-refractivity contribution in [3.8, 4) is 0 Å². The number of thiazole rings is 1. The maximum atomic E-state index is 12.9. The number of carbonyl (C=O) groups is 1. The molecule has 140 valence electrons. The smallest absolute Gasteiger partial charge is 0.252 e. The fraction of sp³-hybridized carbons (Fsp3) is 0.273. The van der Waals surface area contributed by atoms with Crippen LogP contribution >= 0.6 is 11.3 Å². The number of benzene rings is 2. The third-order valence-corrected chi connectivity index (χ3v) is 5.58. The molecule has 4 nitrogen and oxygen atoms in total. The van der Waals surface area contributed by atoms with Crippen LogP contribution < -0.4 is 9.80 Å². The van der Waals surface area contributed by atoms with E-state index in [4.69, 9.17) is 4.98 Å². The molecule has 0 aliphatic heterocycles. The van der Waals surface area contributed by atoms with Crippen molar-refractivity contribution in [2.75, 3.05) is 32.1 Å². The molecule has 0 unspecified atom stereocenters. The summed E-state index contributed by atoms with van der Waals surface area (Å²) < 4.78 is 1.12. The molecular weight excluding hydrogens is 354 g/mol. The Morgan fingerprint density at radius 3 is 2.56 bits per heavy atom.